The average Bonchev–Trinajstić information content (AvgIpc) is 1.32. The molecule has 36 valence electrons. The Bertz CT molecular complexity index is 122. The van der Waals surface area contributed by atoms with Crippen LogP contribution in [0.2, 0.25) is 0 Å². The Morgan fingerprint density at radius 1 is 1.33 bits per heavy atom. The Labute approximate surface area is 34.1 Å². The first-order valence-corrected chi connectivity index (χ1v) is 2.41. The van der Waals surface area contributed by atoms with Gasteiger partial charge in [0, 0.05) is 0 Å². The summed E-state index contributed by atoms with van der Waals surface area (Å²) in [5.41, 5.74) is 1.61. The molecule has 6 heteroatoms. The van der Waals surface area contributed by atoms with Gasteiger partial charge in [-0.15, -0.1) is 8.57 Å². The molecule has 0 atom stereocenters. The van der Waals surface area contributed by atoms with Gasteiger partial charge in [-0.1, -0.05) is 0 Å². The topological polar surface area (TPSA) is 64.6 Å². The van der Waals surface area contributed by atoms with E-state index in [2.05, 4.69) is 8.57 Å². The first kappa shape index (κ1) is 4.00. The van der Waals surface area contributed by atoms with E-state index < -0.39 is 10.4 Å². The van der Waals surface area contributed by atoms with Crippen LogP contribution in [0.15, 0.2) is 0 Å². The molecule has 0 aromatic heterocycles. The van der Waals surface area contributed by atoms with Crippen LogP contribution in [0.3, 0.4) is 0 Å². The molecule has 0 radical (unpaired) electrons. The lowest BCUT2D eigenvalue weighted by molar-refractivity contribution is -0.106. The second-order valence-electron chi connectivity index (χ2n) is 0.658. The van der Waals surface area contributed by atoms with E-state index in [0.29, 0.717) is 0 Å². The molecule has 0 bridgehead atoms. The quantitative estimate of drug-likeness (QED) is 0.420. The number of hydrogen-bond donors (Lipinski definition) is 1. The zero-order chi connectivity index (χ0) is 4.62. The van der Waals surface area contributed by atoms with Crippen molar-refractivity contribution in [3.05, 3.63) is 0 Å². The van der Waals surface area contributed by atoms with Gasteiger partial charge in [0.25, 0.3) is 0 Å². The Morgan fingerprint density at radius 3 is 1.67 bits per heavy atom. The summed E-state index contributed by atoms with van der Waals surface area (Å²) in [7, 11) is -3.59. The maximum absolute atomic E-state index is 9.58. The molecule has 1 aliphatic rings. The minimum absolute atomic E-state index is 1.61. The normalized spacial score (nSPS) is 28.7. The number of hydrogen-bond acceptors (Lipinski definition) is 5. The molecule has 1 aliphatic heterocycles. The van der Waals surface area contributed by atoms with E-state index in [9.17, 15) is 8.42 Å². The predicted molar refractivity (Wildman–Crippen MR) is 14.2 cm³/mol. The van der Waals surface area contributed by atoms with Crippen molar-refractivity contribution < 1.29 is 17.0 Å². The van der Waals surface area contributed by atoms with Gasteiger partial charge in [0.15, 0.2) is 0 Å². The van der Waals surface area contributed by atoms with E-state index >= 15 is 0 Å². The van der Waals surface area contributed by atoms with E-state index in [-0.39, 0.29) is 0 Å². The minimum atomic E-state index is -3.59. The van der Waals surface area contributed by atoms with E-state index in [1.54, 1.807) is 5.64 Å². The van der Waals surface area contributed by atoms with E-state index in [1.807, 2.05) is 0 Å². The summed E-state index contributed by atoms with van der Waals surface area (Å²) < 4.78 is 26.4. The molecule has 6 heavy (non-hydrogen) atoms. The van der Waals surface area contributed by atoms with Crippen LogP contribution in [-0.4, -0.2) is 8.42 Å². The summed E-state index contributed by atoms with van der Waals surface area (Å²) in [6, 6.07) is 0. The molecule has 1 heterocycles. The lowest BCUT2D eigenvalue weighted by atomic mass is 13.2. The van der Waals surface area contributed by atoms with Gasteiger partial charge in [0.2, 0.25) is 0 Å². The fourth-order valence-electron chi connectivity index (χ4n) is 0.0896. The molecule has 1 rings (SSSR count). The first-order valence-electron chi connectivity index (χ1n) is 1.07. The van der Waals surface area contributed by atoms with Crippen molar-refractivity contribution in [2.45, 2.75) is 0 Å². The highest BCUT2D eigenvalue weighted by atomic mass is 32.3. The number of rotatable bonds is 0. The van der Waals surface area contributed by atoms with Gasteiger partial charge in [0.05, 0.1) is 0 Å². The maximum Gasteiger partial charge on any atom is 0.436 e. The summed E-state index contributed by atoms with van der Waals surface area (Å²) in [5.74, 6) is 0. The van der Waals surface area contributed by atoms with Gasteiger partial charge in [-0.2, -0.15) is 8.42 Å². The Morgan fingerprint density at radius 2 is 1.67 bits per heavy atom. The molecule has 0 saturated carbocycles. The lowest BCUT2D eigenvalue weighted by Crippen LogP contribution is -2.36. The lowest BCUT2D eigenvalue weighted by Gasteiger charge is -2.09. The Kier molecular flexibility index (Phi) is 0.606. The summed E-state index contributed by atoms with van der Waals surface area (Å²) in [6.45, 7) is 0. The van der Waals surface area contributed by atoms with E-state index in [4.69, 9.17) is 0 Å². The van der Waals surface area contributed by atoms with Crippen molar-refractivity contribution in [3.63, 3.8) is 0 Å². The molecule has 5 nitrogen and oxygen atoms in total. The highest BCUT2D eigenvalue weighted by Crippen LogP contribution is 1.98. The minimum Gasteiger partial charge on any atom is -0.166 e. The van der Waals surface area contributed by atoms with Crippen LogP contribution < -0.4 is 5.64 Å². The molecule has 0 spiro atoms. The van der Waals surface area contributed by atoms with Crippen LogP contribution in [0.25, 0.3) is 0 Å². The molecule has 1 saturated heterocycles. The fraction of sp³-hybridized carbons (Fsp3) is 0. The monoisotopic (exact) mass is 111 g/mol. The summed E-state index contributed by atoms with van der Waals surface area (Å²) in [5, 5.41) is 0. The Balaban J connectivity index is 2.78. The van der Waals surface area contributed by atoms with Crippen molar-refractivity contribution >= 4 is 10.4 Å². The van der Waals surface area contributed by atoms with Crippen LogP contribution in [0, 0.1) is 0 Å². The van der Waals surface area contributed by atoms with Crippen LogP contribution in [0.4, 0.5) is 0 Å². The smallest absolute Gasteiger partial charge is 0.166 e. The SMILES string of the molecule is O=S1(=O)ONO1. The molecule has 1 N–H and O–H groups in total. The summed E-state index contributed by atoms with van der Waals surface area (Å²) >= 11 is 0. The highest BCUT2D eigenvalue weighted by Gasteiger charge is 2.22. The highest BCUT2D eigenvalue weighted by molar-refractivity contribution is 7.82. The molecular weight excluding hydrogens is 110 g/mol. The summed E-state index contributed by atoms with van der Waals surface area (Å²) in [6.07, 6.45) is 0. The zero-order valence-electron chi connectivity index (χ0n) is 2.54. The zero-order valence-corrected chi connectivity index (χ0v) is 3.36. The predicted octanol–water partition coefficient (Wildman–Crippen LogP) is -1.30. The fourth-order valence-corrected chi connectivity index (χ4v) is 0.269. The van der Waals surface area contributed by atoms with Crippen molar-refractivity contribution in [2.24, 2.45) is 0 Å². The molecule has 0 aromatic carbocycles. The second-order valence-corrected chi connectivity index (χ2v) is 1.81. The molecular formula is HNO4S. The molecule has 1 fully saturated rings. The third kappa shape index (κ3) is 0.500. The van der Waals surface area contributed by atoms with Gasteiger partial charge >= 0.3 is 10.4 Å². The van der Waals surface area contributed by atoms with Crippen LogP contribution >= 0.6 is 0 Å². The van der Waals surface area contributed by atoms with Gasteiger partial charge in [-0.05, 0) is 5.64 Å². The molecule has 0 amide bonds. The van der Waals surface area contributed by atoms with Gasteiger partial charge in [-0.25, -0.2) is 0 Å². The van der Waals surface area contributed by atoms with Crippen molar-refractivity contribution in [3.8, 4) is 0 Å². The van der Waals surface area contributed by atoms with Crippen molar-refractivity contribution in [1.29, 1.82) is 0 Å². The maximum atomic E-state index is 9.58. The van der Waals surface area contributed by atoms with Gasteiger partial charge in [-0.3, -0.25) is 0 Å². The molecule has 0 aromatic rings. The van der Waals surface area contributed by atoms with E-state index in [1.165, 1.54) is 0 Å². The first-order chi connectivity index (χ1) is 2.71. The second kappa shape index (κ2) is 0.909. The standard InChI is InChI=1S/HNO4S/c2-6(3)4-1-5-6/h1H. The molecule has 0 aliphatic carbocycles. The third-order valence-electron chi connectivity index (χ3n) is 0.272. The van der Waals surface area contributed by atoms with Crippen molar-refractivity contribution in [2.75, 3.05) is 0 Å². The van der Waals surface area contributed by atoms with Crippen LogP contribution in [0.5, 0.6) is 0 Å². The van der Waals surface area contributed by atoms with Gasteiger partial charge in [0.1, 0.15) is 0 Å². The molecule has 0 unspecified atom stereocenters. The average molecular weight is 111 g/mol. The third-order valence-corrected chi connectivity index (χ3v) is 0.816. The summed E-state index contributed by atoms with van der Waals surface area (Å²) in [4.78, 5) is 0. The van der Waals surface area contributed by atoms with Gasteiger partial charge < -0.3 is 0 Å². The van der Waals surface area contributed by atoms with Crippen LogP contribution in [0.1, 0.15) is 0 Å². The van der Waals surface area contributed by atoms with Crippen molar-refractivity contribution in [1.82, 2.24) is 5.64 Å². The Hall–Kier alpha value is -0.170. The largest absolute Gasteiger partial charge is 0.436 e. The van der Waals surface area contributed by atoms with Crippen LogP contribution in [-0.2, 0) is 19.0 Å². The van der Waals surface area contributed by atoms with E-state index in [0.717, 1.165) is 0 Å². The number of nitrogens with one attached hydrogen (secondary N) is 1.